The Morgan fingerprint density at radius 2 is 2.17 bits per heavy atom. The van der Waals surface area contributed by atoms with Crippen LogP contribution in [0.5, 0.6) is 0 Å². The van der Waals surface area contributed by atoms with Crippen molar-refractivity contribution in [1.29, 1.82) is 5.41 Å². The molecule has 0 rings (SSSR count). The molecule has 0 bridgehead atoms. The van der Waals surface area contributed by atoms with Gasteiger partial charge in [0.15, 0.2) is 0 Å². The lowest BCUT2D eigenvalue weighted by molar-refractivity contribution is -0.0549. The summed E-state index contributed by atoms with van der Waals surface area (Å²) in [5, 5.41) is 17.3. The van der Waals surface area contributed by atoms with Crippen molar-refractivity contribution in [2.75, 3.05) is 13.2 Å². The molecule has 0 aliphatic rings. The second-order valence-electron chi connectivity index (χ2n) is 2.24. The smallest absolute Gasteiger partial charge is 0.272 e. The first kappa shape index (κ1) is 11.0. The topological polar surface area (TPSA) is 56.1 Å². The molecular formula is C7H12F2N2O. The molecule has 3 nitrogen and oxygen atoms in total. The van der Waals surface area contributed by atoms with Gasteiger partial charge in [-0.2, -0.15) is 0 Å². The van der Waals surface area contributed by atoms with E-state index in [9.17, 15) is 8.78 Å². The highest BCUT2D eigenvalue weighted by molar-refractivity contribution is 5.67. The van der Waals surface area contributed by atoms with Crippen LogP contribution in [0, 0.1) is 5.41 Å². The summed E-state index contributed by atoms with van der Waals surface area (Å²) in [5.74, 6) is -3.01. The molecule has 0 aromatic rings. The van der Waals surface area contributed by atoms with E-state index in [4.69, 9.17) is 10.5 Å². The summed E-state index contributed by atoms with van der Waals surface area (Å²) in [6.45, 7) is -1.04. The van der Waals surface area contributed by atoms with Crippen LogP contribution in [0.3, 0.4) is 0 Å². The number of rotatable bonds is 6. The lowest BCUT2D eigenvalue weighted by Gasteiger charge is -2.11. The van der Waals surface area contributed by atoms with Gasteiger partial charge in [0, 0.05) is 19.2 Å². The normalized spacial score (nSPS) is 11.9. The van der Waals surface area contributed by atoms with Crippen molar-refractivity contribution < 1.29 is 13.9 Å². The van der Waals surface area contributed by atoms with Crippen LogP contribution in [0.2, 0.25) is 0 Å². The van der Waals surface area contributed by atoms with Crippen LogP contribution in [-0.2, 0) is 0 Å². The molecule has 0 aliphatic carbocycles. The fourth-order valence-corrected chi connectivity index (χ4v) is 0.534. The zero-order valence-electron chi connectivity index (χ0n) is 6.56. The minimum atomic E-state index is -3.01. The van der Waals surface area contributed by atoms with Gasteiger partial charge in [0.1, 0.15) is 6.61 Å². The third-order valence-electron chi connectivity index (χ3n) is 1.18. The predicted octanol–water partition coefficient (Wildman–Crippen LogP) is 0.757. The Bertz CT molecular complexity index is 159. The van der Waals surface area contributed by atoms with Crippen molar-refractivity contribution in [2.24, 2.45) is 0 Å². The highest BCUT2D eigenvalue weighted by Gasteiger charge is 2.26. The summed E-state index contributed by atoms with van der Waals surface area (Å²) in [6, 6.07) is 0. The van der Waals surface area contributed by atoms with Crippen molar-refractivity contribution in [1.82, 2.24) is 5.32 Å². The van der Waals surface area contributed by atoms with E-state index in [1.807, 2.05) is 0 Å². The van der Waals surface area contributed by atoms with Gasteiger partial charge in [-0.1, -0.05) is 0 Å². The molecule has 0 aromatic heterocycles. The third kappa shape index (κ3) is 5.79. The second kappa shape index (κ2) is 5.65. The van der Waals surface area contributed by atoms with E-state index < -0.39 is 19.0 Å². The van der Waals surface area contributed by atoms with E-state index in [2.05, 4.69) is 5.32 Å². The van der Waals surface area contributed by atoms with Crippen molar-refractivity contribution in [3.63, 3.8) is 0 Å². The molecule has 0 radical (unpaired) electrons. The largest absolute Gasteiger partial charge is 0.391 e. The molecule has 0 atom stereocenters. The minimum absolute atomic E-state index is 0.0813. The first-order valence-corrected chi connectivity index (χ1v) is 3.50. The van der Waals surface area contributed by atoms with Gasteiger partial charge in [-0.15, -0.1) is 0 Å². The highest BCUT2D eigenvalue weighted by atomic mass is 19.3. The lowest BCUT2D eigenvalue weighted by Crippen LogP contribution is -2.26. The van der Waals surface area contributed by atoms with E-state index in [0.29, 0.717) is 0 Å². The van der Waals surface area contributed by atoms with Crippen molar-refractivity contribution in [3.8, 4) is 0 Å². The summed E-state index contributed by atoms with van der Waals surface area (Å²) in [7, 11) is 0. The fraction of sp³-hybridized carbons (Fsp3) is 0.571. The Balaban J connectivity index is 3.42. The number of halogens is 2. The fourth-order valence-electron chi connectivity index (χ4n) is 0.534. The van der Waals surface area contributed by atoms with Crippen LogP contribution in [0.15, 0.2) is 12.3 Å². The van der Waals surface area contributed by atoms with Gasteiger partial charge in [-0.05, 0) is 12.3 Å². The minimum Gasteiger partial charge on any atom is -0.391 e. The maximum absolute atomic E-state index is 12.3. The Kier molecular flexibility index (Phi) is 5.19. The molecule has 0 amide bonds. The molecule has 3 N–H and O–H groups in total. The Labute approximate surface area is 69.6 Å². The van der Waals surface area contributed by atoms with E-state index in [1.165, 1.54) is 12.3 Å². The van der Waals surface area contributed by atoms with Crippen LogP contribution in [0.25, 0.3) is 0 Å². The average molecular weight is 178 g/mol. The molecule has 0 heterocycles. The second-order valence-corrected chi connectivity index (χ2v) is 2.24. The standard InChI is InChI=1S/C7H12F2N2O/c8-7(9,6-12)2-5-11-4-1-3-10/h1,3-4,10-12H,2,5-6H2/b4-1-,10-3?. The molecule has 0 spiro atoms. The first-order chi connectivity index (χ1) is 5.62. The molecule has 0 aliphatic heterocycles. The molecule has 70 valence electrons. The summed E-state index contributed by atoms with van der Waals surface area (Å²) < 4.78 is 24.6. The number of hydrogen-bond donors (Lipinski definition) is 3. The maximum atomic E-state index is 12.3. The maximum Gasteiger partial charge on any atom is 0.272 e. The Morgan fingerprint density at radius 1 is 1.50 bits per heavy atom. The van der Waals surface area contributed by atoms with Crippen molar-refractivity contribution >= 4 is 6.21 Å². The van der Waals surface area contributed by atoms with E-state index in [-0.39, 0.29) is 6.54 Å². The van der Waals surface area contributed by atoms with Gasteiger partial charge in [0.25, 0.3) is 5.92 Å². The van der Waals surface area contributed by atoms with Crippen molar-refractivity contribution in [3.05, 3.63) is 12.3 Å². The predicted molar refractivity (Wildman–Crippen MR) is 42.6 cm³/mol. The molecule has 12 heavy (non-hydrogen) atoms. The highest BCUT2D eigenvalue weighted by Crippen LogP contribution is 2.15. The number of allylic oxidation sites excluding steroid dienone is 1. The number of nitrogens with one attached hydrogen (secondary N) is 2. The molecule has 5 heteroatoms. The SMILES string of the molecule is N=C/C=C\NCCC(F)(F)CO. The van der Waals surface area contributed by atoms with Crippen LogP contribution < -0.4 is 5.32 Å². The summed E-state index contributed by atoms with van der Waals surface area (Å²) >= 11 is 0. The van der Waals surface area contributed by atoms with Gasteiger partial charge in [0.05, 0.1) is 0 Å². The molecule has 0 unspecified atom stereocenters. The number of alkyl halides is 2. The van der Waals surface area contributed by atoms with Crippen LogP contribution in [0.4, 0.5) is 8.78 Å². The van der Waals surface area contributed by atoms with Gasteiger partial charge >= 0.3 is 0 Å². The van der Waals surface area contributed by atoms with Crippen molar-refractivity contribution in [2.45, 2.75) is 12.3 Å². The molecule has 0 fully saturated rings. The molecule has 0 saturated heterocycles. The van der Waals surface area contributed by atoms with E-state index >= 15 is 0 Å². The zero-order chi connectivity index (χ0) is 9.45. The van der Waals surface area contributed by atoms with Crippen LogP contribution in [0.1, 0.15) is 6.42 Å². The van der Waals surface area contributed by atoms with E-state index in [0.717, 1.165) is 6.21 Å². The molecule has 0 saturated carbocycles. The monoisotopic (exact) mass is 178 g/mol. The number of aliphatic hydroxyl groups is 1. The van der Waals surface area contributed by atoms with Gasteiger partial charge in [-0.25, -0.2) is 8.78 Å². The lowest BCUT2D eigenvalue weighted by atomic mass is 10.2. The average Bonchev–Trinajstić information content (AvgIpc) is 2.04. The third-order valence-corrected chi connectivity index (χ3v) is 1.18. The van der Waals surface area contributed by atoms with Gasteiger partial charge in [0.2, 0.25) is 0 Å². The van der Waals surface area contributed by atoms with Crippen LogP contribution >= 0.6 is 0 Å². The summed E-state index contributed by atoms with van der Waals surface area (Å²) in [5.41, 5.74) is 0. The summed E-state index contributed by atoms with van der Waals surface area (Å²) in [4.78, 5) is 0. The van der Waals surface area contributed by atoms with Gasteiger partial charge < -0.3 is 15.8 Å². The van der Waals surface area contributed by atoms with Gasteiger partial charge in [-0.3, -0.25) is 0 Å². The summed E-state index contributed by atoms with van der Waals surface area (Å²) in [6.07, 6.45) is 3.42. The molecule has 0 aromatic carbocycles. The Morgan fingerprint density at radius 3 is 2.67 bits per heavy atom. The number of aliphatic hydroxyl groups excluding tert-OH is 1. The molecular weight excluding hydrogens is 166 g/mol. The zero-order valence-corrected chi connectivity index (χ0v) is 6.56. The first-order valence-electron chi connectivity index (χ1n) is 3.50. The Hall–Kier alpha value is -0.970. The van der Waals surface area contributed by atoms with E-state index in [1.54, 1.807) is 0 Å². The number of hydrogen-bond acceptors (Lipinski definition) is 3. The quantitative estimate of drug-likeness (QED) is 0.415. The van der Waals surface area contributed by atoms with Crippen LogP contribution in [-0.4, -0.2) is 30.4 Å².